The zero-order valence-electron chi connectivity index (χ0n) is 15.7. The van der Waals surface area contributed by atoms with Gasteiger partial charge in [0.1, 0.15) is 11.8 Å². The Kier molecular flexibility index (Phi) is 4.81. The minimum atomic E-state index is -4.53. The third-order valence-electron chi connectivity index (χ3n) is 4.63. The molecule has 1 aromatic carbocycles. The summed E-state index contributed by atoms with van der Waals surface area (Å²) in [5, 5.41) is 16.3. The van der Waals surface area contributed by atoms with Gasteiger partial charge in [0.2, 0.25) is 0 Å². The van der Waals surface area contributed by atoms with Gasteiger partial charge in [0, 0.05) is 17.3 Å². The van der Waals surface area contributed by atoms with Crippen LogP contribution >= 0.6 is 0 Å². The van der Waals surface area contributed by atoms with Crippen molar-refractivity contribution in [2.75, 3.05) is 11.9 Å². The second-order valence-electron chi connectivity index (χ2n) is 7.00. The average molecular weight is 416 g/mol. The number of anilines is 1. The van der Waals surface area contributed by atoms with E-state index in [4.69, 9.17) is 4.52 Å². The summed E-state index contributed by atoms with van der Waals surface area (Å²) in [6.07, 6.45) is -2.56. The maximum Gasteiger partial charge on any atom is 0.422 e. The number of halogens is 3. The summed E-state index contributed by atoms with van der Waals surface area (Å²) in [6, 6.07) is 7.30. The Bertz CT molecular complexity index is 1180. The van der Waals surface area contributed by atoms with Gasteiger partial charge in [0.15, 0.2) is 6.61 Å². The van der Waals surface area contributed by atoms with Gasteiger partial charge in [-0.1, -0.05) is 5.16 Å². The molecular weight excluding hydrogens is 401 g/mol. The first-order chi connectivity index (χ1) is 14.2. The number of aryl methyl sites for hydroxylation is 1. The number of rotatable bonds is 5. The van der Waals surface area contributed by atoms with E-state index in [1.165, 1.54) is 18.2 Å². The van der Waals surface area contributed by atoms with E-state index in [0.29, 0.717) is 16.6 Å². The lowest BCUT2D eigenvalue weighted by molar-refractivity contribution is -0.153. The molecule has 1 fully saturated rings. The summed E-state index contributed by atoms with van der Waals surface area (Å²) in [7, 11) is 0. The summed E-state index contributed by atoms with van der Waals surface area (Å²) in [5.74, 6) is -0.407. The molecule has 30 heavy (non-hydrogen) atoms. The number of benzene rings is 1. The molecule has 0 bridgehead atoms. The lowest BCUT2D eigenvalue weighted by Crippen LogP contribution is -2.19. The fourth-order valence-electron chi connectivity index (χ4n) is 3.06. The number of alkyl halides is 3. The Balaban J connectivity index is 1.61. The van der Waals surface area contributed by atoms with Crippen LogP contribution in [0.3, 0.4) is 0 Å². The maximum absolute atomic E-state index is 12.9. The highest BCUT2D eigenvalue weighted by atomic mass is 19.4. The van der Waals surface area contributed by atoms with Crippen molar-refractivity contribution in [3.05, 3.63) is 46.8 Å². The number of carbonyl (C=O) groups excluding carboxylic acids is 1. The molecule has 10 heteroatoms. The van der Waals surface area contributed by atoms with E-state index in [-0.39, 0.29) is 28.6 Å². The van der Waals surface area contributed by atoms with E-state index < -0.39 is 18.7 Å². The number of nitriles is 1. The van der Waals surface area contributed by atoms with Gasteiger partial charge in [0.05, 0.1) is 22.2 Å². The van der Waals surface area contributed by atoms with Crippen LogP contribution in [0.1, 0.15) is 46.1 Å². The zero-order valence-corrected chi connectivity index (χ0v) is 15.7. The molecule has 4 rings (SSSR count). The van der Waals surface area contributed by atoms with E-state index in [0.717, 1.165) is 18.5 Å². The molecule has 0 atom stereocenters. The molecule has 1 aliphatic carbocycles. The minimum absolute atomic E-state index is 0.128. The fraction of sp³-hybridized carbons (Fsp3) is 0.300. The van der Waals surface area contributed by atoms with E-state index in [1.54, 1.807) is 19.1 Å². The van der Waals surface area contributed by atoms with Crippen LogP contribution < -0.4 is 10.1 Å². The van der Waals surface area contributed by atoms with E-state index >= 15 is 0 Å². The molecule has 2 heterocycles. The Hall–Kier alpha value is -3.61. The summed E-state index contributed by atoms with van der Waals surface area (Å²) >= 11 is 0. The number of hydrogen-bond donors (Lipinski definition) is 1. The molecule has 1 amide bonds. The quantitative estimate of drug-likeness (QED) is 0.658. The van der Waals surface area contributed by atoms with Crippen LogP contribution in [0.4, 0.5) is 18.9 Å². The van der Waals surface area contributed by atoms with Crippen molar-refractivity contribution in [2.24, 2.45) is 0 Å². The Morgan fingerprint density at radius 3 is 2.80 bits per heavy atom. The lowest BCUT2D eigenvalue weighted by atomic mass is 10.1. The Labute approximate surface area is 168 Å². The Morgan fingerprint density at radius 2 is 2.13 bits per heavy atom. The third-order valence-corrected chi connectivity index (χ3v) is 4.63. The highest BCUT2D eigenvalue weighted by Gasteiger charge is 2.30. The van der Waals surface area contributed by atoms with Crippen molar-refractivity contribution in [3.63, 3.8) is 0 Å². The number of amides is 1. The summed E-state index contributed by atoms with van der Waals surface area (Å²) in [5.41, 5.74) is 1.97. The van der Waals surface area contributed by atoms with E-state index in [1.807, 2.05) is 0 Å². The predicted octanol–water partition coefficient (Wildman–Crippen LogP) is 4.47. The summed E-state index contributed by atoms with van der Waals surface area (Å²) in [4.78, 5) is 17.4. The number of fused-ring (bicyclic) bond motifs is 1. The molecule has 1 saturated carbocycles. The largest absolute Gasteiger partial charge is 0.483 e. The van der Waals surface area contributed by atoms with Crippen molar-refractivity contribution >= 4 is 22.7 Å². The number of aromatic nitrogens is 2. The van der Waals surface area contributed by atoms with Crippen LogP contribution in [-0.2, 0) is 0 Å². The average Bonchev–Trinajstić information content (AvgIpc) is 3.49. The normalized spacial score (nSPS) is 13.8. The molecule has 1 aliphatic rings. The molecule has 1 N–H and O–H groups in total. The maximum atomic E-state index is 12.9. The molecular formula is C20H15F3N4O3. The van der Waals surface area contributed by atoms with E-state index in [9.17, 15) is 23.2 Å². The van der Waals surface area contributed by atoms with Crippen molar-refractivity contribution < 1.29 is 27.2 Å². The number of pyridine rings is 1. The number of carbonyl (C=O) groups is 1. The molecule has 0 aliphatic heterocycles. The van der Waals surface area contributed by atoms with Gasteiger partial charge in [-0.3, -0.25) is 4.79 Å². The molecule has 3 aromatic rings. The summed E-state index contributed by atoms with van der Waals surface area (Å²) in [6.45, 7) is 0.181. The number of hydrogen-bond acceptors (Lipinski definition) is 6. The van der Waals surface area contributed by atoms with Crippen LogP contribution in [0.5, 0.6) is 5.75 Å². The van der Waals surface area contributed by atoms with Crippen molar-refractivity contribution in [1.29, 1.82) is 5.26 Å². The van der Waals surface area contributed by atoms with Gasteiger partial charge in [-0.25, -0.2) is 4.98 Å². The lowest BCUT2D eigenvalue weighted by Gasteiger charge is -2.12. The number of nitrogens with one attached hydrogen (secondary N) is 1. The summed E-state index contributed by atoms with van der Waals surface area (Å²) < 4.78 is 47.0. The molecule has 7 nitrogen and oxygen atoms in total. The zero-order chi connectivity index (χ0) is 21.5. The molecule has 0 saturated heterocycles. The first-order valence-electron chi connectivity index (χ1n) is 9.07. The molecule has 0 radical (unpaired) electrons. The van der Waals surface area contributed by atoms with Gasteiger partial charge >= 0.3 is 6.18 Å². The monoisotopic (exact) mass is 416 g/mol. The van der Waals surface area contributed by atoms with Crippen LogP contribution in [0.25, 0.3) is 11.1 Å². The molecule has 0 unspecified atom stereocenters. The van der Waals surface area contributed by atoms with E-state index in [2.05, 4.69) is 20.2 Å². The fourth-order valence-corrected chi connectivity index (χ4v) is 3.06. The third kappa shape index (κ3) is 4.05. The second-order valence-corrected chi connectivity index (χ2v) is 7.00. The van der Waals surface area contributed by atoms with Gasteiger partial charge in [-0.05, 0) is 44.0 Å². The topological polar surface area (TPSA) is 101 Å². The van der Waals surface area contributed by atoms with Crippen LogP contribution in [0.2, 0.25) is 0 Å². The second kappa shape index (κ2) is 7.33. The van der Waals surface area contributed by atoms with Gasteiger partial charge in [-0.2, -0.15) is 18.4 Å². The predicted molar refractivity (Wildman–Crippen MR) is 99.2 cm³/mol. The number of ether oxygens (including phenoxy) is 1. The standard InChI is InChI=1S/C20H15F3N4O3/c1-10-17-14(7-15(11-2-3-11)26-19(17)30-27-10)18(28)25-13-4-5-16(12(6-13)8-24)29-9-20(21,22)23/h4-7,11H,2-3,9H2,1H3,(H,25,28). The van der Waals surface area contributed by atoms with Crippen LogP contribution in [0.15, 0.2) is 28.8 Å². The number of nitrogens with zero attached hydrogens (tertiary/aromatic N) is 3. The highest BCUT2D eigenvalue weighted by Crippen LogP contribution is 2.40. The van der Waals surface area contributed by atoms with Gasteiger partial charge in [-0.15, -0.1) is 0 Å². The van der Waals surface area contributed by atoms with Crippen molar-refractivity contribution in [1.82, 2.24) is 10.1 Å². The first kappa shape index (κ1) is 19.7. The molecule has 0 spiro atoms. The molecule has 2 aromatic heterocycles. The Morgan fingerprint density at radius 1 is 1.37 bits per heavy atom. The van der Waals surface area contributed by atoms with Crippen LogP contribution in [-0.4, -0.2) is 28.8 Å². The minimum Gasteiger partial charge on any atom is -0.483 e. The smallest absolute Gasteiger partial charge is 0.422 e. The highest BCUT2D eigenvalue weighted by molar-refractivity contribution is 6.12. The van der Waals surface area contributed by atoms with Crippen LogP contribution in [0, 0.1) is 18.3 Å². The first-order valence-corrected chi connectivity index (χ1v) is 9.07. The SMILES string of the molecule is Cc1noc2nc(C3CC3)cc(C(=O)Nc3ccc(OCC(F)(F)F)c(C#N)c3)c12. The van der Waals surface area contributed by atoms with Gasteiger partial charge in [0.25, 0.3) is 11.6 Å². The van der Waals surface area contributed by atoms with Crippen molar-refractivity contribution in [3.8, 4) is 11.8 Å². The molecule has 154 valence electrons. The van der Waals surface area contributed by atoms with Gasteiger partial charge < -0.3 is 14.6 Å². The van der Waals surface area contributed by atoms with Crippen molar-refractivity contribution in [2.45, 2.75) is 31.9 Å².